The van der Waals surface area contributed by atoms with Crippen LogP contribution < -0.4 is 14.8 Å². The van der Waals surface area contributed by atoms with E-state index >= 15 is 0 Å². The molecule has 1 aromatic carbocycles. The topological polar surface area (TPSA) is 47.6 Å². The number of hydrogen-bond donors (Lipinski definition) is 1. The zero-order valence-corrected chi connectivity index (χ0v) is 14.6. The van der Waals surface area contributed by atoms with Crippen LogP contribution in [-0.4, -0.2) is 19.1 Å². The lowest BCUT2D eigenvalue weighted by Crippen LogP contribution is -2.26. The van der Waals surface area contributed by atoms with Crippen LogP contribution in [0.4, 0.5) is 0 Å². The number of amides is 1. The molecule has 124 valence electrons. The highest BCUT2D eigenvalue weighted by atomic mass is 32.1. The normalized spacial score (nSPS) is 11.8. The molecule has 1 N–H and O–H groups in total. The first-order valence-corrected chi connectivity index (χ1v) is 8.77. The third-order valence-corrected chi connectivity index (χ3v) is 4.34. The van der Waals surface area contributed by atoms with Gasteiger partial charge in [-0.3, -0.25) is 4.79 Å². The van der Waals surface area contributed by atoms with Crippen LogP contribution in [0.1, 0.15) is 48.5 Å². The minimum Gasteiger partial charge on any atom is -0.490 e. The second-order valence-electron chi connectivity index (χ2n) is 5.15. The molecular weight excluding hydrogens is 310 g/mol. The molecule has 0 aliphatic carbocycles. The van der Waals surface area contributed by atoms with Crippen molar-refractivity contribution < 1.29 is 14.3 Å². The van der Waals surface area contributed by atoms with Crippen LogP contribution in [0.3, 0.4) is 0 Å². The van der Waals surface area contributed by atoms with Crippen molar-refractivity contribution in [3.8, 4) is 11.5 Å². The van der Waals surface area contributed by atoms with E-state index in [0.717, 1.165) is 11.3 Å². The SMILES string of the molecule is CCCOc1ccc(C(=O)NC(C)c2cccs2)cc1OCC. The van der Waals surface area contributed by atoms with E-state index in [9.17, 15) is 4.79 Å². The van der Waals surface area contributed by atoms with Gasteiger partial charge in [-0.25, -0.2) is 0 Å². The second kappa shape index (κ2) is 8.58. The molecular formula is C18H23NO3S. The molecule has 0 saturated heterocycles. The van der Waals surface area contributed by atoms with Gasteiger partial charge in [0.2, 0.25) is 0 Å². The Kier molecular flexibility index (Phi) is 6.47. The van der Waals surface area contributed by atoms with Crippen molar-refractivity contribution in [2.24, 2.45) is 0 Å². The van der Waals surface area contributed by atoms with Gasteiger partial charge in [-0.1, -0.05) is 13.0 Å². The molecule has 1 unspecified atom stereocenters. The van der Waals surface area contributed by atoms with E-state index in [1.165, 1.54) is 0 Å². The minimum atomic E-state index is -0.117. The van der Waals surface area contributed by atoms with E-state index in [1.807, 2.05) is 38.3 Å². The van der Waals surface area contributed by atoms with Gasteiger partial charge in [0, 0.05) is 10.4 Å². The first-order chi connectivity index (χ1) is 11.2. The summed E-state index contributed by atoms with van der Waals surface area (Å²) < 4.78 is 11.3. The molecule has 1 atom stereocenters. The summed E-state index contributed by atoms with van der Waals surface area (Å²) in [6, 6.07) is 9.29. The molecule has 1 aromatic heterocycles. The molecule has 2 rings (SSSR count). The van der Waals surface area contributed by atoms with Crippen molar-refractivity contribution in [3.63, 3.8) is 0 Å². The Morgan fingerprint density at radius 2 is 2.04 bits per heavy atom. The maximum atomic E-state index is 12.4. The summed E-state index contributed by atoms with van der Waals surface area (Å²) in [7, 11) is 0. The van der Waals surface area contributed by atoms with Crippen LogP contribution in [0.25, 0.3) is 0 Å². The van der Waals surface area contributed by atoms with Crippen LogP contribution in [0.15, 0.2) is 35.7 Å². The van der Waals surface area contributed by atoms with Gasteiger partial charge in [0.15, 0.2) is 11.5 Å². The zero-order chi connectivity index (χ0) is 16.7. The predicted molar refractivity (Wildman–Crippen MR) is 93.6 cm³/mol. The van der Waals surface area contributed by atoms with Crippen LogP contribution >= 0.6 is 11.3 Å². The zero-order valence-electron chi connectivity index (χ0n) is 13.8. The Balaban J connectivity index is 2.11. The second-order valence-corrected chi connectivity index (χ2v) is 6.13. The lowest BCUT2D eigenvalue weighted by molar-refractivity contribution is 0.0940. The highest BCUT2D eigenvalue weighted by Gasteiger charge is 2.15. The molecule has 0 aliphatic heterocycles. The quantitative estimate of drug-likeness (QED) is 0.777. The Labute approximate surface area is 141 Å². The minimum absolute atomic E-state index is 0.0194. The smallest absolute Gasteiger partial charge is 0.251 e. The third-order valence-electron chi connectivity index (χ3n) is 3.28. The molecule has 0 spiro atoms. The number of nitrogens with one attached hydrogen (secondary N) is 1. The van der Waals surface area contributed by atoms with Crippen LogP contribution in [0.5, 0.6) is 11.5 Å². The summed E-state index contributed by atoms with van der Waals surface area (Å²) in [5.74, 6) is 1.17. The molecule has 5 heteroatoms. The highest BCUT2D eigenvalue weighted by Crippen LogP contribution is 2.29. The van der Waals surface area contributed by atoms with E-state index in [1.54, 1.807) is 29.5 Å². The number of carbonyl (C=O) groups is 1. The molecule has 0 aliphatic rings. The first kappa shape index (κ1) is 17.3. The summed E-state index contributed by atoms with van der Waals surface area (Å²) in [5, 5.41) is 5.01. The Bertz CT molecular complexity index is 625. The van der Waals surface area contributed by atoms with E-state index < -0.39 is 0 Å². The van der Waals surface area contributed by atoms with Gasteiger partial charge in [-0.2, -0.15) is 0 Å². The summed E-state index contributed by atoms with van der Waals surface area (Å²) in [5.41, 5.74) is 0.570. The number of rotatable bonds is 8. The molecule has 0 saturated carbocycles. The predicted octanol–water partition coefficient (Wildman–Crippen LogP) is 4.43. The van der Waals surface area contributed by atoms with Gasteiger partial charge in [0.25, 0.3) is 5.91 Å². The van der Waals surface area contributed by atoms with Gasteiger partial charge in [-0.15, -0.1) is 11.3 Å². The molecule has 1 heterocycles. The Hall–Kier alpha value is -2.01. The number of hydrogen-bond acceptors (Lipinski definition) is 4. The maximum absolute atomic E-state index is 12.4. The van der Waals surface area contributed by atoms with Gasteiger partial charge in [0.1, 0.15) is 0 Å². The van der Waals surface area contributed by atoms with Crippen molar-refractivity contribution in [2.45, 2.75) is 33.2 Å². The summed E-state index contributed by atoms with van der Waals surface area (Å²) >= 11 is 1.63. The number of carbonyl (C=O) groups excluding carboxylic acids is 1. The Morgan fingerprint density at radius 3 is 2.70 bits per heavy atom. The lowest BCUT2D eigenvalue weighted by Gasteiger charge is -2.15. The van der Waals surface area contributed by atoms with Crippen molar-refractivity contribution in [1.29, 1.82) is 0 Å². The fourth-order valence-electron chi connectivity index (χ4n) is 2.14. The summed E-state index contributed by atoms with van der Waals surface area (Å²) in [6.07, 6.45) is 0.923. The number of thiophene rings is 1. The van der Waals surface area contributed by atoms with Gasteiger partial charge in [0.05, 0.1) is 19.3 Å². The standard InChI is InChI=1S/C18H23NO3S/c1-4-10-22-15-9-8-14(12-16(15)21-5-2)18(20)19-13(3)17-7-6-11-23-17/h6-9,11-13H,4-5,10H2,1-3H3,(H,19,20). The number of benzene rings is 1. The molecule has 0 bridgehead atoms. The van der Waals surface area contributed by atoms with Crippen molar-refractivity contribution in [1.82, 2.24) is 5.32 Å². The maximum Gasteiger partial charge on any atom is 0.251 e. The highest BCUT2D eigenvalue weighted by molar-refractivity contribution is 7.10. The summed E-state index contributed by atoms with van der Waals surface area (Å²) in [4.78, 5) is 13.6. The van der Waals surface area contributed by atoms with Gasteiger partial charge in [-0.05, 0) is 49.9 Å². The van der Waals surface area contributed by atoms with Crippen molar-refractivity contribution in [3.05, 3.63) is 46.2 Å². The largest absolute Gasteiger partial charge is 0.490 e. The van der Waals surface area contributed by atoms with Crippen molar-refractivity contribution in [2.75, 3.05) is 13.2 Å². The molecule has 4 nitrogen and oxygen atoms in total. The van der Waals surface area contributed by atoms with E-state index in [4.69, 9.17) is 9.47 Å². The van der Waals surface area contributed by atoms with E-state index in [2.05, 4.69) is 5.32 Å². The van der Waals surface area contributed by atoms with Crippen LogP contribution in [0.2, 0.25) is 0 Å². The molecule has 1 amide bonds. The van der Waals surface area contributed by atoms with E-state index in [-0.39, 0.29) is 11.9 Å². The molecule has 0 fully saturated rings. The fraction of sp³-hybridized carbons (Fsp3) is 0.389. The third kappa shape index (κ3) is 4.73. The lowest BCUT2D eigenvalue weighted by atomic mass is 10.1. The molecule has 0 radical (unpaired) electrons. The van der Waals surface area contributed by atoms with Gasteiger partial charge >= 0.3 is 0 Å². The van der Waals surface area contributed by atoms with Crippen LogP contribution in [-0.2, 0) is 0 Å². The fourth-order valence-corrected chi connectivity index (χ4v) is 2.87. The summed E-state index contributed by atoms with van der Waals surface area (Å²) in [6.45, 7) is 7.09. The van der Waals surface area contributed by atoms with Gasteiger partial charge < -0.3 is 14.8 Å². The Morgan fingerprint density at radius 1 is 1.22 bits per heavy atom. The van der Waals surface area contributed by atoms with Crippen LogP contribution in [0, 0.1) is 0 Å². The molecule has 23 heavy (non-hydrogen) atoms. The number of ether oxygens (including phenoxy) is 2. The molecule has 2 aromatic rings. The van der Waals surface area contributed by atoms with E-state index in [0.29, 0.717) is 30.3 Å². The average molecular weight is 333 g/mol. The monoisotopic (exact) mass is 333 g/mol. The van der Waals surface area contributed by atoms with Crippen molar-refractivity contribution >= 4 is 17.2 Å². The average Bonchev–Trinajstić information content (AvgIpc) is 3.08. The first-order valence-electron chi connectivity index (χ1n) is 7.89.